The lowest BCUT2D eigenvalue weighted by molar-refractivity contribution is 1.10. The Hall–Kier alpha value is -0.630. The molecule has 0 saturated carbocycles. The van der Waals surface area contributed by atoms with Crippen LogP contribution in [0.5, 0.6) is 0 Å². The fraction of sp³-hybridized carbons (Fsp3) is 0.250. The summed E-state index contributed by atoms with van der Waals surface area (Å²) in [5.74, 6) is 0. The van der Waals surface area contributed by atoms with Crippen molar-refractivity contribution in [3.8, 4) is 0 Å². The molecule has 0 aromatic carbocycles. The second kappa shape index (κ2) is 5.18. The van der Waals surface area contributed by atoms with Crippen LogP contribution in [-0.2, 0) is 0 Å². The normalized spacial score (nSPS) is 11.1. The first-order valence-corrected chi connectivity index (χ1v) is 4.06. The van der Waals surface area contributed by atoms with E-state index in [0.717, 1.165) is 17.7 Å². The highest BCUT2D eigenvalue weighted by molar-refractivity contribution is 8.04. The van der Waals surface area contributed by atoms with Crippen molar-refractivity contribution in [3.63, 3.8) is 0 Å². The van der Waals surface area contributed by atoms with E-state index in [1.165, 1.54) is 11.8 Å². The molecule has 10 heavy (non-hydrogen) atoms. The van der Waals surface area contributed by atoms with Crippen LogP contribution in [0.4, 0.5) is 0 Å². The summed E-state index contributed by atoms with van der Waals surface area (Å²) in [6.45, 7) is 9.37. The Bertz CT molecular complexity index is 159. The van der Waals surface area contributed by atoms with Gasteiger partial charge in [-0.1, -0.05) is 20.1 Å². The van der Waals surface area contributed by atoms with E-state index in [1.54, 1.807) is 5.41 Å². The lowest BCUT2D eigenvalue weighted by Gasteiger charge is -1.99. The third-order valence-corrected chi connectivity index (χ3v) is 1.71. The first-order valence-electron chi connectivity index (χ1n) is 3.12. The molecule has 1 nitrogen and oxygen atoms in total. The Morgan fingerprint density at radius 1 is 1.70 bits per heavy atom. The third kappa shape index (κ3) is 3.41. The van der Waals surface area contributed by atoms with Crippen LogP contribution in [0, 0.1) is 0 Å². The topological polar surface area (TPSA) is 26.0 Å². The Labute approximate surface area is 66.7 Å². The molecule has 0 atom stereocenters. The van der Waals surface area contributed by atoms with Crippen molar-refractivity contribution in [2.75, 3.05) is 0 Å². The smallest absolute Gasteiger partial charge is 0.0407 e. The van der Waals surface area contributed by atoms with Crippen molar-refractivity contribution in [1.82, 2.24) is 0 Å². The number of hydrogen-bond acceptors (Lipinski definition) is 2. The number of hydrogen-bond donors (Lipinski definition) is 1. The van der Waals surface area contributed by atoms with Gasteiger partial charge in [-0.3, -0.25) is 0 Å². The van der Waals surface area contributed by atoms with Crippen molar-refractivity contribution in [2.45, 2.75) is 13.3 Å². The van der Waals surface area contributed by atoms with Gasteiger partial charge in [0.1, 0.15) is 0 Å². The number of thioether (sulfide) groups is 1. The van der Waals surface area contributed by atoms with Crippen LogP contribution in [0.15, 0.2) is 35.2 Å². The fourth-order valence-corrected chi connectivity index (χ4v) is 0.818. The van der Waals surface area contributed by atoms with E-state index >= 15 is 0 Å². The van der Waals surface area contributed by atoms with E-state index in [2.05, 4.69) is 13.2 Å². The maximum Gasteiger partial charge on any atom is 0.0407 e. The average molecular weight is 155 g/mol. The molecule has 0 heterocycles. The zero-order valence-electron chi connectivity index (χ0n) is 6.26. The molecule has 56 valence electrons. The molecule has 2 N–H and O–H groups in total. The molecular formula is C8H13NS. The second-order valence-corrected chi connectivity index (χ2v) is 2.67. The standard InChI is InChI=1S/C8H13NS/c1-4-7(3)8(9)6-10-5-2/h5-6H,2-4,9H2,1H3/b8-6-. The molecule has 0 amide bonds. The van der Waals surface area contributed by atoms with Gasteiger partial charge in [-0.15, -0.1) is 11.8 Å². The van der Waals surface area contributed by atoms with Gasteiger partial charge >= 0.3 is 0 Å². The Kier molecular flexibility index (Phi) is 4.85. The highest BCUT2D eigenvalue weighted by Crippen LogP contribution is 2.11. The van der Waals surface area contributed by atoms with Gasteiger partial charge in [0.2, 0.25) is 0 Å². The zero-order valence-corrected chi connectivity index (χ0v) is 7.08. The first-order chi connectivity index (χ1) is 4.72. The highest BCUT2D eigenvalue weighted by atomic mass is 32.2. The summed E-state index contributed by atoms with van der Waals surface area (Å²) in [6, 6.07) is 0. The molecule has 0 fully saturated rings. The van der Waals surface area contributed by atoms with Crippen molar-refractivity contribution in [3.05, 3.63) is 35.2 Å². The van der Waals surface area contributed by atoms with E-state index in [0.29, 0.717) is 0 Å². The van der Waals surface area contributed by atoms with Crippen molar-refractivity contribution in [2.24, 2.45) is 5.73 Å². The zero-order chi connectivity index (χ0) is 7.98. The summed E-state index contributed by atoms with van der Waals surface area (Å²) in [7, 11) is 0. The van der Waals surface area contributed by atoms with Gasteiger partial charge in [0.25, 0.3) is 0 Å². The molecule has 0 aliphatic heterocycles. The minimum absolute atomic E-state index is 0.757. The minimum Gasteiger partial charge on any atom is -0.398 e. The lowest BCUT2D eigenvalue weighted by Crippen LogP contribution is -1.97. The van der Waals surface area contributed by atoms with E-state index in [4.69, 9.17) is 5.73 Å². The Morgan fingerprint density at radius 3 is 2.70 bits per heavy atom. The molecule has 0 unspecified atom stereocenters. The quantitative estimate of drug-likeness (QED) is 0.631. The summed E-state index contributed by atoms with van der Waals surface area (Å²) in [4.78, 5) is 0. The predicted molar refractivity (Wildman–Crippen MR) is 49.5 cm³/mol. The van der Waals surface area contributed by atoms with Gasteiger partial charge in [0.05, 0.1) is 0 Å². The number of allylic oxidation sites excluding steroid dienone is 1. The van der Waals surface area contributed by atoms with E-state index in [1.807, 2.05) is 12.3 Å². The minimum atomic E-state index is 0.757. The molecule has 0 spiro atoms. The van der Waals surface area contributed by atoms with Crippen LogP contribution in [0.25, 0.3) is 0 Å². The van der Waals surface area contributed by atoms with Crippen LogP contribution < -0.4 is 5.73 Å². The van der Waals surface area contributed by atoms with Crippen LogP contribution in [0.2, 0.25) is 0 Å². The summed E-state index contributed by atoms with van der Waals surface area (Å²) in [5.41, 5.74) is 7.34. The molecule has 0 aliphatic carbocycles. The van der Waals surface area contributed by atoms with Crippen molar-refractivity contribution in [1.29, 1.82) is 0 Å². The largest absolute Gasteiger partial charge is 0.398 e. The van der Waals surface area contributed by atoms with Crippen LogP contribution in [-0.4, -0.2) is 0 Å². The lowest BCUT2D eigenvalue weighted by atomic mass is 10.2. The summed E-state index contributed by atoms with van der Waals surface area (Å²) < 4.78 is 0. The molecule has 0 radical (unpaired) electrons. The summed E-state index contributed by atoms with van der Waals surface area (Å²) in [6.07, 6.45) is 0.903. The molecule has 0 bridgehead atoms. The first kappa shape index (κ1) is 9.37. The maximum atomic E-state index is 5.61. The molecule has 0 rings (SSSR count). The molecule has 0 saturated heterocycles. The van der Waals surface area contributed by atoms with E-state index in [9.17, 15) is 0 Å². The van der Waals surface area contributed by atoms with Crippen LogP contribution >= 0.6 is 11.8 Å². The Balaban J connectivity index is 3.91. The van der Waals surface area contributed by atoms with Gasteiger partial charge in [-0.25, -0.2) is 0 Å². The maximum absolute atomic E-state index is 5.61. The Morgan fingerprint density at radius 2 is 2.30 bits per heavy atom. The van der Waals surface area contributed by atoms with Gasteiger partial charge < -0.3 is 5.73 Å². The van der Waals surface area contributed by atoms with Crippen LogP contribution in [0.3, 0.4) is 0 Å². The van der Waals surface area contributed by atoms with Gasteiger partial charge in [-0.05, 0) is 22.8 Å². The molecular weight excluding hydrogens is 142 g/mol. The number of rotatable bonds is 4. The fourth-order valence-electron chi connectivity index (χ4n) is 0.409. The predicted octanol–water partition coefficient (Wildman–Crippen LogP) is 2.63. The summed E-state index contributed by atoms with van der Waals surface area (Å²) >= 11 is 1.48. The second-order valence-electron chi connectivity index (χ2n) is 1.83. The average Bonchev–Trinajstić information content (AvgIpc) is 1.98. The van der Waals surface area contributed by atoms with Crippen molar-refractivity contribution < 1.29 is 0 Å². The molecule has 0 aliphatic rings. The summed E-state index contributed by atoms with van der Waals surface area (Å²) in [5, 5.41) is 3.58. The van der Waals surface area contributed by atoms with Crippen molar-refractivity contribution >= 4 is 11.8 Å². The van der Waals surface area contributed by atoms with Gasteiger partial charge in [0, 0.05) is 5.70 Å². The van der Waals surface area contributed by atoms with Gasteiger partial charge in [0.15, 0.2) is 0 Å². The molecule has 0 aromatic heterocycles. The third-order valence-electron chi connectivity index (χ3n) is 1.13. The number of nitrogens with two attached hydrogens (primary N) is 1. The molecule has 2 heteroatoms. The van der Waals surface area contributed by atoms with E-state index in [-0.39, 0.29) is 0 Å². The SMILES string of the molecule is C=CS/C=C(\N)C(=C)CC. The highest BCUT2D eigenvalue weighted by Gasteiger charge is 1.91. The van der Waals surface area contributed by atoms with Crippen LogP contribution in [0.1, 0.15) is 13.3 Å². The molecule has 0 aromatic rings. The monoisotopic (exact) mass is 155 g/mol. The van der Waals surface area contributed by atoms with E-state index < -0.39 is 0 Å². The van der Waals surface area contributed by atoms with Gasteiger partial charge in [-0.2, -0.15) is 0 Å².